The van der Waals surface area contributed by atoms with Crippen molar-refractivity contribution in [2.45, 2.75) is 44.8 Å². The molecule has 2 saturated heterocycles. The molecule has 2 N–H and O–H groups in total. The zero-order valence-electron chi connectivity index (χ0n) is 11.6. The molecule has 1 amide bonds. The van der Waals surface area contributed by atoms with E-state index < -0.39 is 5.60 Å². The maximum Gasteiger partial charge on any atom is 0.410 e. The van der Waals surface area contributed by atoms with E-state index in [4.69, 9.17) is 15.2 Å². The normalized spacial score (nSPS) is 26.2. The molecule has 0 aromatic carbocycles. The van der Waals surface area contributed by atoms with Crippen LogP contribution in [0.2, 0.25) is 0 Å². The van der Waals surface area contributed by atoms with Gasteiger partial charge >= 0.3 is 6.09 Å². The molecule has 0 bridgehead atoms. The minimum Gasteiger partial charge on any atom is -0.444 e. The summed E-state index contributed by atoms with van der Waals surface area (Å²) in [4.78, 5) is 13.6. The van der Waals surface area contributed by atoms with Crippen molar-refractivity contribution in [1.82, 2.24) is 4.90 Å². The van der Waals surface area contributed by atoms with Crippen molar-refractivity contribution >= 4 is 6.09 Å². The Labute approximate surface area is 109 Å². The minimum atomic E-state index is -0.437. The Bertz CT molecular complexity index is 319. The van der Waals surface area contributed by atoms with Crippen LogP contribution in [0, 0.1) is 5.92 Å². The van der Waals surface area contributed by atoms with Gasteiger partial charge in [0.2, 0.25) is 0 Å². The Morgan fingerprint density at radius 3 is 2.72 bits per heavy atom. The summed E-state index contributed by atoms with van der Waals surface area (Å²) in [6.45, 7) is 8.39. The lowest BCUT2D eigenvalue weighted by molar-refractivity contribution is -0.129. The van der Waals surface area contributed by atoms with E-state index in [1.54, 1.807) is 4.90 Å². The summed E-state index contributed by atoms with van der Waals surface area (Å²) in [5.41, 5.74) is 5.05. The molecule has 0 aromatic heterocycles. The number of ether oxygens (including phenoxy) is 2. The second-order valence-corrected chi connectivity index (χ2v) is 6.31. The van der Waals surface area contributed by atoms with E-state index in [1.807, 2.05) is 20.8 Å². The molecule has 1 spiro atoms. The average molecular weight is 256 g/mol. The van der Waals surface area contributed by atoms with E-state index in [2.05, 4.69) is 0 Å². The molecule has 5 heteroatoms. The number of carbonyl (C=O) groups is 1. The third-order valence-electron chi connectivity index (χ3n) is 3.68. The lowest BCUT2D eigenvalue weighted by atomic mass is 9.79. The first kappa shape index (κ1) is 13.6. The topological polar surface area (TPSA) is 64.8 Å². The highest BCUT2D eigenvalue weighted by atomic mass is 16.6. The molecule has 2 aliphatic heterocycles. The predicted molar refractivity (Wildman–Crippen MR) is 68.3 cm³/mol. The van der Waals surface area contributed by atoms with Gasteiger partial charge in [-0.1, -0.05) is 0 Å². The Morgan fingerprint density at radius 1 is 1.50 bits per heavy atom. The van der Waals surface area contributed by atoms with E-state index in [1.165, 1.54) is 0 Å². The molecule has 1 atom stereocenters. The number of nitrogens with two attached hydrogens (primary N) is 1. The summed E-state index contributed by atoms with van der Waals surface area (Å²) >= 11 is 0. The monoisotopic (exact) mass is 256 g/mol. The molecule has 0 aromatic rings. The third-order valence-corrected chi connectivity index (χ3v) is 3.68. The fourth-order valence-corrected chi connectivity index (χ4v) is 2.80. The number of hydrogen-bond acceptors (Lipinski definition) is 4. The second kappa shape index (κ2) is 4.70. The smallest absolute Gasteiger partial charge is 0.410 e. The molecule has 2 rings (SSSR count). The third kappa shape index (κ3) is 2.62. The standard InChI is InChI=1S/C13H24N2O3/c1-12(2,3)18-11(16)15-8-13(9-15)10(4-6-14)5-7-17-13/h10H,4-9,14H2,1-3H3/t10-/m1/s1. The zero-order valence-corrected chi connectivity index (χ0v) is 11.6. The molecule has 0 saturated carbocycles. The van der Waals surface area contributed by atoms with Gasteiger partial charge in [0.25, 0.3) is 0 Å². The second-order valence-electron chi connectivity index (χ2n) is 6.31. The van der Waals surface area contributed by atoms with Crippen LogP contribution in [0.4, 0.5) is 4.79 Å². The summed E-state index contributed by atoms with van der Waals surface area (Å²) < 4.78 is 11.2. The van der Waals surface area contributed by atoms with Crippen molar-refractivity contribution in [3.8, 4) is 0 Å². The highest BCUT2D eigenvalue weighted by Gasteiger charge is 2.54. The number of hydrogen-bond donors (Lipinski definition) is 1. The van der Waals surface area contributed by atoms with Crippen molar-refractivity contribution in [1.29, 1.82) is 0 Å². The van der Waals surface area contributed by atoms with Gasteiger partial charge in [0.1, 0.15) is 11.2 Å². The molecule has 0 unspecified atom stereocenters. The summed E-state index contributed by atoms with van der Waals surface area (Å²) in [5, 5.41) is 0. The van der Waals surface area contributed by atoms with Crippen LogP contribution in [0.5, 0.6) is 0 Å². The number of rotatable bonds is 2. The summed E-state index contributed by atoms with van der Waals surface area (Å²) in [6, 6.07) is 0. The molecule has 2 heterocycles. The van der Waals surface area contributed by atoms with Crippen molar-refractivity contribution in [2.75, 3.05) is 26.2 Å². The van der Waals surface area contributed by atoms with Crippen LogP contribution < -0.4 is 5.73 Å². The van der Waals surface area contributed by atoms with E-state index in [-0.39, 0.29) is 11.7 Å². The van der Waals surface area contributed by atoms with Crippen LogP contribution in [-0.2, 0) is 9.47 Å². The number of nitrogens with zero attached hydrogens (tertiary/aromatic N) is 1. The molecule has 2 aliphatic rings. The van der Waals surface area contributed by atoms with Crippen molar-refractivity contribution in [3.05, 3.63) is 0 Å². The Morgan fingerprint density at radius 2 is 2.17 bits per heavy atom. The van der Waals surface area contributed by atoms with Crippen molar-refractivity contribution in [3.63, 3.8) is 0 Å². The molecule has 104 valence electrons. The molecular weight excluding hydrogens is 232 g/mol. The zero-order chi connectivity index (χ0) is 13.4. The summed E-state index contributed by atoms with van der Waals surface area (Å²) in [7, 11) is 0. The van der Waals surface area contributed by atoms with Crippen LogP contribution in [-0.4, -0.2) is 48.4 Å². The van der Waals surface area contributed by atoms with Gasteiger partial charge < -0.3 is 20.1 Å². The van der Waals surface area contributed by atoms with Gasteiger partial charge in [-0.15, -0.1) is 0 Å². The average Bonchev–Trinajstić information content (AvgIpc) is 2.56. The van der Waals surface area contributed by atoms with E-state index in [0.717, 1.165) is 19.4 Å². The first-order valence-corrected chi connectivity index (χ1v) is 6.68. The maximum absolute atomic E-state index is 11.9. The van der Waals surface area contributed by atoms with Gasteiger partial charge in [-0.25, -0.2) is 4.79 Å². The van der Waals surface area contributed by atoms with E-state index >= 15 is 0 Å². The highest BCUT2D eigenvalue weighted by Crippen LogP contribution is 2.41. The van der Waals surface area contributed by atoms with Gasteiger partial charge in [-0.3, -0.25) is 0 Å². The van der Waals surface area contributed by atoms with E-state index in [9.17, 15) is 4.79 Å². The van der Waals surface area contributed by atoms with E-state index in [0.29, 0.717) is 25.6 Å². The van der Waals surface area contributed by atoms with Gasteiger partial charge in [0.05, 0.1) is 13.1 Å². The quantitative estimate of drug-likeness (QED) is 0.810. The first-order valence-electron chi connectivity index (χ1n) is 6.68. The Balaban J connectivity index is 1.87. The SMILES string of the molecule is CC(C)(C)OC(=O)N1CC2(C1)OCC[C@H]2CCN. The van der Waals surface area contributed by atoms with Crippen molar-refractivity contribution in [2.24, 2.45) is 11.7 Å². The number of carbonyl (C=O) groups excluding carboxylic acids is 1. The van der Waals surface area contributed by atoms with Crippen LogP contribution in [0.3, 0.4) is 0 Å². The van der Waals surface area contributed by atoms with Crippen molar-refractivity contribution < 1.29 is 14.3 Å². The first-order chi connectivity index (χ1) is 8.36. The molecule has 5 nitrogen and oxygen atoms in total. The Kier molecular flexibility index (Phi) is 3.56. The molecule has 0 radical (unpaired) electrons. The lowest BCUT2D eigenvalue weighted by Gasteiger charge is -2.50. The molecule has 2 fully saturated rings. The van der Waals surface area contributed by atoms with Gasteiger partial charge in [-0.2, -0.15) is 0 Å². The number of likely N-dealkylation sites (tertiary alicyclic amines) is 1. The fourth-order valence-electron chi connectivity index (χ4n) is 2.80. The van der Waals surface area contributed by atoms with Crippen LogP contribution in [0.15, 0.2) is 0 Å². The lowest BCUT2D eigenvalue weighted by Crippen LogP contribution is -2.66. The highest BCUT2D eigenvalue weighted by molar-refractivity contribution is 5.69. The molecular formula is C13H24N2O3. The van der Waals surface area contributed by atoms with Crippen LogP contribution in [0.25, 0.3) is 0 Å². The van der Waals surface area contributed by atoms with Gasteiger partial charge in [0, 0.05) is 6.61 Å². The maximum atomic E-state index is 11.9. The fraction of sp³-hybridized carbons (Fsp3) is 0.923. The molecule has 18 heavy (non-hydrogen) atoms. The predicted octanol–water partition coefficient (Wildman–Crippen LogP) is 1.36. The number of amides is 1. The largest absolute Gasteiger partial charge is 0.444 e. The van der Waals surface area contributed by atoms with Gasteiger partial charge in [-0.05, 0) is 46.1 Å². The van der Waals surface area contributed by atoms with Gasteiger partial charge in [0.15, 0.2) is 0 Å². The summed E-state index contributed by atoms with van der Waals surface area (Å²) in [5.74, 6) is 0.487. The molecule has 0 aliphatic carbocycles. The minimum absolute atomic E-state index is 0.143. The van der Waals surface area contributed by atoms with Crippen LogP contribution in [0.1, 0.15) is 33.6 Å². The Hall–Kier alpha value is -0.810. The van der Waals surface area contributed by atoms with Crippen LogP contribution >= 0.6 is 0 Å². The summed E-state index contributed by atoms with van der Waals surface area (Å²) in [6.07, 6.45) is 1.79.